The number of carbonyl (C=O) groups excluding carboxylic acids is 1. The molecule has 3 aliphatic rings. The SMILES string of the molecule is CC(C)N1CCN(c2ccc(Nc3ncc4c(n3)N3CCN=C3N(c3c(F)cccc3Cl)C4=O)cc2)CC1. The summed E-state index contributed by atoms with van der Waals surface area (Å²) in [4.78, 5) is 34.8. The van der Waals surface area contributed by atoms with Gasteiger partial charge in [-0.15, -0.1) is 0 Å². The minimum absolute atomic E-state index is 0.0247. The Balaban J connectivity index is 1.22. The van der Waals surface area contributed by atoms with Crippen molar-refractivity contribution in [3.63, 3.8) is 0 Å². The van der Waals surface area contributed by atoms with Gasteiger partial charge in [0.15, 0.2) is 5.82 Å². The van der Waals surface area contributed by atoms with E-state index in [2.05, 4.69) is 56.1 Å². The summed E-state index contributed by atoms with van der Waals surface area (Å²) in [6, 6.07) is 13.1. The van der Waals surface area contributed by atoms with Crippen LogP contribution in [0.15, 0.2) is 53.7 Å². The zero-order valence-corrected chi connectivity index (χ0v) is 22.0. The molecule has 1 fully saturated rings. The van der Waals surface area contributed by atoms with Gasteiger partial charge in [0.2, 0.25) is 11.9 Å². The third-order valence-electron chi connectivity index (χ3n) is 7.17. The maximum Gasteiger partial charge on any atom is 0.270 e. The van der Waals surface area contributed by atoms with E-state index in [4.69, 9.17) is 11.6 Å². The second kappa shape index (κ2) is 9.85. The molecule has 0 saturated carbocycles. The number of amides is 1. The number of benzene rings is 2. The van der Waals surface area contributed by atoms with Crippen LogP contribution in [-0.4, -0.2) is 72.0 Å². The van der Waals surface area contributed by atoms with E-state index in [1.807, 2.05) is 12.1 Å². The van der Waals surface area contributed by atoms with Crippen LogP contribution < -0.4 is 20.0 Å². The van der Waals surface area contributed by atoms with Crippen molar-refractivity contribution in [2.45, 2.75) is 19.9 Å². The van der Waals surface area contributed by atoms with Crippen molar-refractivity contribution in [2.75, 3.05) is 59.3 Å². The lowest BCUT2D eigenvalue weighted by atomic mass is 10.1. The molecule has 11 heteroatoms. The molecule has 1 N–H and O–H groups in total. The lowest BCUT2D eigenvalue weighted by Crippen LogP contribution is -2.51. The summed E-state index contributed by atoms with van der Waals surface area (Å²) < 4.78 is 14.7. The van der Waals surface area contributed by atoms with Crippen LogP contribution in [0.25, 0.3) is 0 Å². The van der Waals surface area contributed by atoms with E-state index >= 15 is 0 Å². The molecule has 1 amide bonds. The van der Waals surface area contributed by atoms with Crippen LogP contribution in [0.2, 0.25) is 5.02 Å². The molecule has 4 heterocycles. The van der Waals surface area contributed by atoms with Gasteiger partial charge in [0.05, 0.1) is 11.6 Å². The number of para-hydroxylation sites is 1. The molecule has 3 aliphatic heterocycles. The van der Waals surface area contributed by atoms with E-state index in [1.165, 1.54) is 28.9 Å². The molecule has 1 saturated heterocycles. The van der Waals surface area contributed by atoms with Crippen molar-refractivity contribution in [1.29, 1.82) is 0 Å². The molecule has 0 aliphatic carbocycles. The van der Waals surface area contributed by atoms with Gasteiger partial charge in [-0.2, -0.15) is 4.98 Å². The number of nitrogens with zero attached hydrogens (tertiary/aromatic N) is 7. The Kier molecular flexibility index (Phi) is 6.37. The van der Waals surface area contributed by atoms with Crippen molar-refractivity contribution in [2.24, 2.45) is 4.99 Å². The van der Waals surface area contributed by atoms with Crippen LogP contribution >= 0.6 is 11.6 Å². The van der Waals surface area contributed by atoms with E-state index < -0.39 is 11.7 Å². The molecular weight excluding hydrogens is 507 g/mol. The number of carbonyl (C=O) groups is 1. The summed E-state index contributed by atoms with van der Waals surface area (Å²) >= 11 is 6.29. The van der Waals surface area contributed by atoms with Crippen LogP contribution in [0.1, 0.15) is 24.2 Å². The quantitative estimate of drug-likeness (QED) is 0.520. The van der Waals surface area contributed by atoms with Crippen LogP contribution in [0.3, 0.4) is 0 Å². The molecule has 3 aromatic rings. The van der Waals surface area contributed by atoms with Crippen molar-refractivity contribution in [1.82, 2.24) is 14.9 Å². The third-order valence-corrected chi connectivity index (χ3v) is 7.48. The molecule has 196 valence electrons. The number of rotatable bonds is 5. The number of guanidine groups is 1. The highest BCUT2D eigenvalue weighted by Gasteiger charge is 2.41. The number of aliphatic imine (C=N–C) groups is 1. The number of hydrogen-bond acceptors (Lipinski definition) is 8. The molecular formula is C27H28ClFN8O. The summed E-state index contributed by atoms with van der Waals surface area (Å²) in [6.45, 7) is 9.55. The maximum atomic E-state index is 14.7. The van der Waals surface area contributed by atoms with Gasteiger partial charge in [0, 0.05) is 56.3 Å². The van der Waals surface area contributed by atoms with E-state index in [1.54, 1.807) is 11.0 Å². The molecule has 0 unspecified atom stereocenters. The van der Waals surface area contributed by atoms with E-state index in [-0.39, 0.29) is 16.3 Å². The third kappa shape index (κ3) is 4.33. The topological polar surface area (TPSA) is 80.2 Å². The summed E-state index contributed by atoms with van der Waals surface area (Å²) in [7, 11) is 0. The van der Waals surface area contributed by atoms with E-state index in [0.29, 0.717) is 36.9 Å². The van der Waals surface area contributed by atoms with Crippen molar-refractivity contribution in [3.05, 3.63) is 65.1 Å². The van der Waals surface area contributed by atoms with Crippen LogP contribution in [0.5, 0.6) is 0 Å². The molecule has 6 rings (SSSR count). The predicted molar refractivity (Wildman–Crippen MR) is 149 cm³/mol. The fourth-order valence-electron chi connectivity index (χ4n) is 5.11. The van der Waals surface area contributed by atoms with Crippen LogP contribution in [0, 0.1) is 5.82 Å². The van der Waals surface area contributed by atoms with Crippen molar-refractivity contribution < 1.29 is 9.18 Å². The fourth-order valence-corrected chi connectivity index (χ4v) is 5.36. The average Bonchev–Trinajstić information content (AvgIpc) is 3.41. The molecule has 2 aromatic carbocycles. The molecule has 0 atom stereocenters. The first-order valence-electron chi connectivity index (χ1n) is 12.7. The molecule has 0 radical (unpaired) electrons. The summed E-state index contributed by atoms with van der Waals surface area (Å²) in [6.07, 6.45) is 1.46. The normalized spacial score (nSPS) is 17.6. The minimum atomic E-state index is -0.603. The smallest absolute Gasteiger partial charge is 0.270 e. The zero-order chi connectivity index (χ0) is 26.4. The Morgan fingerprint density at radius 2 is 1.79 bits per heavy atom. The standard InChI is InChI=1S/C27H28ClFN8O/c1-17(2)34-12-14-35(15-13-34)19-8-6-18(7-9-19)32-26-31-16-20-24(33-26)36-11-10-30-27(36)37(25(20)38)23-21(28)4-3-5-22(23)29/h3-9,16-17H,10-15H2,1-2H3,(H,31,32,33). The number of piperazine rings is 1. The molecule has 0 bridgehead atoms. The van der Waals surface area contributed by atoms with Gasteiger partial charge in [-0.3, -0.25) is 19.6 Å². The van der Waals surface area contributed by atoms with Gasteiger partial charge in [-0.05, 0) is 50.2 Å². The maximum absolute atomic E-state index is 14.7. The first-order valence-corrected chi connectivity index (χ1v) is 13.1. The number of nitrogens with one attached hydrogen (secondary N) is 1. The summed E-state index contributed by atoms with van der Waals surface area (Å²) in [5.41, 5.74) is 2.25. The van der Waals surface area contributed by atoms with Gasteiger partial charge in [-0.25, -0.2) is 14.3 Å². The van der Waals surface area contributed by atoms with E-state index in [9.17, 15) is 9.18 Å². The van der Waals surface area contributed by atoms with Crippen molar-refractivity contribution >= 4 is 52.3 Å². The van der Waals surface area contributed by atoms with Crippen LogP contribution in [0.4, 0.5) is 33.2 Å². The van der Waals surface area contributed by atoms with E-state index in [0.717, 1.165) is 31.9 Å². The molecule has 9 nitrogen and oxygen atoms in total. The first-order chi connectivity index (χ1) is 18.4. The van der Waals surface area contributed by atoms with Crippen LogP contribution in [-0.2, 0) is 0 Å². The lowest BCUT2D eigenvalue weighted by molar-refractivity contribution is 0.0999. The Labute approximate surface area is 225 Å². The highest BCUT2D eigenvalue weighted by molar-refractivity contribution is 6.38. The van der Waals surface area contributed by atoms with Gasteiger partial charge < -0.3 is 10.2 Å². The number of fused-ring (bicyclic) bond motifs is 3. The van der Waals surface area contributed by atoms with Gasteiger partial charge in [0.25, 0.3) is 5.91 Å². The monoisotopic (exact) mass is 534 g/mol. The fraction of sp³-hybridized carbons (Fsp3) is 0.333. The molecule has 38 heavy (non-hydrogen) atoms. The molecule has 0 spiro atoms. The number of hydrogen-bond donors (Lipinski definition) is 1. The Morgan fingerprint density at radius 1 is 1.03 bits per heavy atom. The highest BCUT2D eigenvalue weighted by Crippen LogP contribution is 2.37. The Morgan fingerprint density at radius 3 is 2.50 bits per heavy atom. The van der Waals surface area contributed by atoms with Gasteiger partial charge in [-0.1, -0.05) is 17.7 Å². The predicted octanol–water partition coefficient (Wildman–Crippen LogP) is 4.38. The minimum Gasteiger partial charge on any atom is -0.369 e. The van der Waals surface area contributed by atoms with Crippen molar-refractivity contribution in [3.8, 4) is 0 Å². The second-order valence-electron chi connectivity index (χ2n) is 9.76. The lowest BCUT2D eigenvalue weighted by Gasteiger charge is -2.38. The van der Waals surface area contributed by atoms with Gasteiger partial charge in [0.1, 0.15) is 17.1 Å². The highest BCUT2D eigenvalue weighted by atomic mass is 35.5. The first kappa shape index (κ1) is 24.6. The van der Waals surface area contributed by atoms with Gasteiger partial charge >= 0.3 is 0 Å². The average molecular weight is 535 g/mol. The number of halogens is 2. The summed E-state index contributed by atoms with van der Waals surface area (Å²) in [5.74, 6) is 0.0253. The number of aromatic nitrogens is 2. The molecule has 1 aromatic heterocycles. The zero-order valence-electron chi connectivity index (χ0n) is 21.2. The number of anilines is 5. The summed E-state index contributed by atoms with van der Waals surface area (Å²) in [5, 5.41) is 3.37. The Hall–Kier alpha value is -3.76. The Bertz CT molecular complexity index is 1380. The second-order valence-corrected chi connectivity index (χ2v) is 10.2. The largest absolute Gasteiger partial charge is 0.369 e.